The van der Waals surface area contributed by atoms with Gasteiger partial charge in [0.15, 0.2) is 0 Å². The summed E-state index contributed by atoms with van der Waals surface area (Å²) in [5.41, 5.74) is 1.23. The number of hydrogen-bond acceptors (Lipinski definition) is 2. The molecule has 0 aliphatic carbocycles. The summed E-state index contributed by atoms with van der Waals surface area (Å²) >= 11 is 1.69. The van der Waals surface area contributed by atoms with Gasteiger partial charge >= 0.3 is 0 Å². The van der Waals surface area contributed by atoms with Gasteiger partial charge in [-0.05, 0) is 12.3 Å². The van der Waals surface area contributed by atoms with Crippen molar-refractivity contribution >= 4 is 11.3 Å². The number of rotatable bonds is 5. The lowest BCUT2D eigenvalue weighted by Crippen LogP contribution is -2.29. The molecule has 0 atom stereocenters. The second-order valence-corrected chi connectivity index (χ2v) is 5.01. The number of hydrogen-bond donors (Lipinski definition) is 0. The minimum atomic E-state index is 0.777. The van der Waals surface area contributed by atoms with E-state index >= 15 is 0 Å². The highest BCUT2D eigenvalue weighted by Crippen LogP contribution is 2.22. The van der Waals surface area contributed by atoms with Crippen molar-refractivity contribution in [1.82, 2.24) is 4.57 Å². The molecule has 4 heteroatoms. The first-order valence-electron chi connectivity index (χ1n) is 5.85. The van der Waals surface area contributed by atoms with Gasteiger partial charge in [-0.15, -0.1) is 11.3 Å². The van der Waals surface area contributed by atoms with Crippen molar-refractivity contribution in [2.45, 2.75) is 26.8 Å². The van der Waals surface area contributed by atoms with Gasteiger partial charge in [0.05, 0.1) is 20.2 Å². The molecule has 3 nitrogen and oxygen atoms in total. The van der Waals surface area contributed by atoms with Gasteiger partial charge in [0.2, 0.25) is 0 Å². The second kappa shape index (κ2) is 5.36. The standard InChI is InChI=1S/C13H19N2OS/c1-11-9-17-10-13(11)16-8-4-5-15-7-6-14(3)12(15)2/h6-7,9-10H,4-5,8H2,1-3H3/q+1. The minimum absolute atomic E-state index is 0.777. The fourth-order valence-corrected chi connectivity index (χ4v) is 2.51. The molecule has 2 aromatic heterocycles. The molecule has 0 unspecified atom stereocenters. The molecule has 2 rings (SSSR count). The first-order valence-corrected chi connectivity index (χ1v) is 6.79. The molecule has 0 N–H and O–H groups in total. The van der Waals surface area contributed by atoms with E-state index in [4.69, 9.17) is 4.74 Å². The molecule has 0 bridgehead atoms. The zero-order chi connectivity index (χ0) is 12.3. The SMILES string of the molecule is Cc1cscc1OCCCn1cc[n+](C)c1C. The lowest BCUT2D eigenvalue weighted by molar-refractivity contribution is -0.677. The Labute approximate surface area is 106 Å². The monoisotopic (exact) mass is 251 g/mol. The first kappa shape index (κ1) is 12.2. The average Bonchev–Trinajstić information content (AvgIpc) is 2.85. The van der Waals surface area contributed by atoms with Gasteiger partial charge in [-0.25, -0.2) is 9.13 Å². The number of aryl methyl sites for hydroxylation is 3. The van der Waals surface area contributed by atoms with Gasteiger partial charge in [0.25, 0.3) is 5.82 Å². The van der Waals surface area contributed by atoms with Crippen molar-refractivity contribution in [2.75, 3.05) is 6.61 Å². The first-order chi connectivity index (χ1) is 8.18. The quantitative estimate of drug-likeness (QED) is 0.590. The Kier molecular flexibility index (Phi) is 3.84. The van der Waals surface area contributed by atoms with Crippen molar-refractivity contribution < 1.29 is 9.30 Å². The highest BCUT2D eigenvalue weighted by Gasteiger charge is 2.08. The highest BCUT2D eigenvalue weighted by atomic mass is 32.1. The van der Waals surface area contributed by atoms with E-state index in [1.807, 2.05) is 0 Å². The summed E-state index contributed by atoms with van der Waals surface area (Å²) < 4.78 is 10.1. The minimum Gasteiger partial charge on any atom is -0.492 e. The molecular formula is C13H19N2OS+. The zero-order valence-electron chi connectivity index (χ0n) is 10.6. The van der Waals surface area contributed by atoms with Gasteiger partial charge in [-0.3, -0.25) is 0 Å². The van der Waals surface area contributed by atoms with Gasteiger partial charge in [-0.1, -0.05) is 0 Å². The number of nitrogens with zero attached hydrogens (tertiary/aromatic N) is 2. The topological polar surface area (TPSA) is 18.0 Å². The highest BCUT2D eigenvalue weighted by molar-refractivity contribution is 7.08. The lowest BCUT2D eigenvalue weighted by atomic mass is 10.3. The molecule has 0 saturated carbocycles. The van der Waals surface area contributed by atoms with Crippen molar-refractivity contribution in [3.8, 4) is 5.75 Å². The number of thiophene rings is 1. The van der Waals surface area contributed by atoms with Gasteiger partial charge < -0.3 is 4.74 Å². The maximum Gasteiger partial charge on any atom is 0.253 e. The smallest absolute Gasteiger partial charge is 0.253 e. The van der Waals surface area contributed by atoms with Crippen LogP contribution in [0.4, 0.5) is 0 Å². The van der Waals surface area contributed by atoms with Crippen LogP contribution in [0, 0.1) is 13.8 Å². The summed E-state index contributed by atoms with van der Waals surface area (Å²) in [5.74, 6) is 2.31. The van der Waals surface area contributed by atoms with Crippen LogP contribution in [0.2, 0.25) is 0 Å². The Morgan fingerprint density at radius 2 is 2.18 bits per heavy atom. The van der Waals surface area contributed by atoms with Gasteiger partial charge in [0.1, 0.15) is 18.1 Å². The molecule has 0 fully saturated rings. The van der Waals surface area contributed by atoms with E-state index in [-0.39, 0.29) is 0 Å². The molecule has 0 saturated heterocycles. The van der Waals surface area contributed by atoms with Crippen molar-refractivity contribution in [3.05, 3.63) is 34.5 Å². The zero-order valence-corrected chi connectivity index (χ0v) is 11.5. The van der Waals surface area contributed by atoms with Crippen LogP contribution in [0.5, 0.6) is 5.75 Å². The van der Waals surface area contributed by atoms with Crippen LogP contribution in [0.25, 0.3) is 0 Å². The summed E-state index contributed by atoms with van der Waals surface area (Å²) in [6.45, 7) is 6.00. The predicted octanol–water partition coefficient (Wildman–Crippen LogP) is 2.46. The van der Waals surface area contributed by atoms with E-state index in [1.54, 1.807) is 11.3 Å². The Hall–Kier alpha value is -1.29. The van der Waals surface area contributed by atoms with E-state index in [2.05, 4.69) is 53.2 Å². The van der Waals surface area contributed by atoms with E-state index in [0.29, 0.717) is 0 Å². The predicted molar refractivity (Wildman–Crippen MR) is 69.5 cm³/mol. The third-order valence-electron chi connectivity index (χ3n) is 3.01. The van der Waals surface area contributed by atoms with Gasteiger partial charge in [0, 0.05) is 24.3 Å². The maximum atomic E-state index is 5.74. The summed E-state index contributed by atoms with van der Waals surface area (Å²) in [6, 6.07) is 0. The summed E-state index contributed by atoms with van der Waals surface area (Å²) in [6.07, 6.45) is 5.23. The fraction of sp³-hybridized carbons (Fsp3) is 0.462. The third-order valence-corrected chi connectivity index (χ3v) is 3.85. The number of imidazole rings is 1. The number of ether oxygens (including phenoxy) is 1. The Morgan fingerprint density at radius 1 is 1.35 bits per heavy atom. The van der Waals surface area contributed by atoms with Crippen LogP contribution in [-0.2, 0) is 13.6 Å². The van der Waals surface area contributed by atoms with E-state index in [9.17, 15) is 0 Å². The molecule has 2 aromatic rings. The molecular weight excluding hydrogens is 232 g/mol. The van der Waals surface area contributed by atoms with Crippen LogP contribution >= 0.6 is 11.3 Å². The van der Waals surface area contributed by atoms with Crippen LogP contribution in [0.1, 0.15) is 17.8 Å². The summed E-state index contributed by atoms with van der Waals surface area (Å²) in [5, 5.41) is 4.18. The maximum absolute atomic E-state index is 5.74. The molecule has 0 aliphatic heterocycles. The van der Waals surface area contributed by atoms with Crippen LogP contribution in [-0.4, -0.2) is 11.2 Å². The molecule has 92 valence electrons. The van der Waals surface area contributed by atoms with Crippen molar-refractivity contribution in [3.63, 3.8) is 0 Å². The third kappa shape index (κ3) is 2.88. The molecule has 2 heterocycles. The normalized spacial score (nSPS) is 10.8. The molecule has 0 amide bonds. The summed E-state index contributed by atoms with van der Waals surface area (Å²) in [7, 11) is 2.07. The summed E-state index contributed by atoms with van der Waals surface area (Å²) in [4.78, 5) is 0. The van der Waals surface area contributed by atoms with E-state index in [1.165, 1.54) is 11.4 Å². The number of aromatic nitrogens is 2. The van der Waals surface area contributed by atoms with Crippen molar-refractivity contribution in [1.29, 1.82) is 0 Å². The Balaban J connectivity index is 1.77. The van der Waals surface area contributed by atoms with Gasteiger partial charge in [-0.2, -0.15) is 0 Å². The van der Waals surface area contributed by atoms with Crippen LogP contribution in [0.3, 0.4) is 0 Å². The Bertz CT molecular complexity index is 487. The van der Waals surface area contributed by atoms with E-state index < -0.39 is 0 Å². The molecule has 0 spiro atoms. The molecule has 0 aliphatic rings. The largest absolute Gasteiger partial charge is 0.492 e. The second-order valence-electron chi connectivity index (χ2n) is 4.27. The van der Waals surface area contributed by atoms with Crippen LogP contribution in [0.15, 0.2) is 23.2 Å². The average molecular weight is 251 g/mol. The molecule has 0 aromatic carbocycles. The lowest BCUT2D eigenvalue weighted by Gasteiger charge is -2.04. The van der Waals surface area contributed by atoms with Crippen LogP contribution < -0.4 is 9.30 Å². The fourth-order valence-electron chi connectivity index (χ4n) is 1.75. The Morgan fingerprint density at radius 3 is 2.76 bits per heavy atom. The van der Waals surface area contributed by atoms with E-state index in [0.717, 1.165) is 25.3 Å². The molecule has 17 heavy (non-hydrogen) atoms. The molecule has 0 radical (unpaired) electrons. The van der Waals surface area contributed by atoms with Crippen molar-refractivity contribution in [2.24, 2.45) is 7.05 Å².